The topological polar surface area (TPSA) is 57.6 Å². The van der Waals surface area contributed by atoms with Gasteiger partial charge in [0.25, 0.3) is 0 Å². The van der Waals surface area contributed by atoms with Crippen molar-refractivity contribution < 1.29 is 13.5 Å². The third-order valence-electron chi connectivity index (χ3n) is 4.07. The molecule has 0 bridgehead atoms. The van der Waals surface area contributed by atoms with Crippen LogP contribution in [0.15, 0.2) is 29.2 Å². The van der Waals surface area contributed by atoms with E-state index in [1.54, 1.807) is 12.1 Å². The van der Waals surface area contributed by atoms with Crippen LogP contribution < -0.4 is 0 Å². The standard InChI is InChI=1S/C16H25NO3S/c1-12-11-13(18)9-10-17(12)21(19,20)15-8-6-5-7-14(15)16(2,3)4/h5-8,12-13,18H,9-11H2,1-4H3/t12-,13-/m0/s1. The van der Waals surface area contributed by atoms with Crippen LogP contribution in [-0.2, 0) is 15.4 Å². The van der Waals surface area contributed by atoms with Crippen molar-refractivity contribution in [2.75, 3.05) is 6.54 Å². The first-order valence-electron chi connectivity index (χ1n) is 7.43. The summed E-state index contributed by atoms with van der Waals surface area (Å²) < 4.78 is 27.6. The van der Waals surface area contributed by atoms with E-state index < -0.39 is 16.1 Å². The first-order chi connectivity index (χ1) is 9.64. The highest BCUT2D eigenvalue weighted by atomic mass is 32.2. The molecule has 0 unspecified atom stereocenters. The predicted molar refractivity (Wildman–Crippen MR) is 83.7 cm³/mol. The van der Waals surface area contributed by atoms with Gasteiger partial charge >= 0.3 is 0 Å². The molecule has 118 valence electrons. The number of hydrogen-bond acceptors (Lipinski definition) is 3. The third kappa shape index (κ3) is 3.30. The highest BCUT2D eigenvalue weighted by Crippen LogP contribution is 2.32. The molecule has 1 N–H and O–H groups in total. The molecule has 1 aromatic rings. The fraction of sp³-hybridized carbons (Fsp3) is 0.625. The normalized spacial score (nSPS) is 25.0. The minimum Gasteiger partial charge on any atom is -0.393 e. The van der Waals surface area contributed by atoms with Crippen molar-refractivity contribution in [3.05, 3.63) is 29.8 Å². The molecule has 21 heavy (non-hydrogen) atoms. The smallest absolute Gasteiger partial charge is 0.243 e. The number of aliphatic hydroxyl groups excluding tert-OH is 1. The first kappa shape index (κ1) is 16.5. The average molecular weight is 311 g/mol. The molecule has 1 aromatic carbocycles. The lowest BCUT2D eigenvalue weighted by Gasteiger charge is -2.36. The minimum atomic E-state index is -3.53. The molecular weight excluding hydrogens is 286 g/mol. The van der Waals surface area contributed by atoms with E-state index >= 15 is 0 Å². The van der Waals surface area contributed by atoms with Gasteiger partial charge < -0.3 is 5.11 Å². The van der Waals surface area contributed by atoms with Crippen LogP contribution in [0.4, 0.5) is 0 Å². The number of rotatable bonds is 2. The zero-order valence-corrected chi connectivity index (χ0v) is 14.0. The van der Waals surface area contributed by atoms with Crippen LogP contribution in [0.5, 0.6) is 0 Å². The molecule has 1 heterocycles. The highest BCUT2D eigenvalue weighted by molar-refractivity contribution is 7.89. The summed E-state index contributed by atoms with van der Waals surface area (Å²) >= 11 is 0. The van der Waals surface area contributed by atoms with Gasteiger partial charge in [-0.25, -0.2) is 8.42 Å². The molecule has 0 saturated carbocycles. The summed E-state index contributed by atoms with van der Waals surface area (Å²) in [5, 5.41) is 9.70. The van der Waals surface area contributed by atoms with Crippen LogP contribution in [0.1, 0.15) is 46.1 Å². The fourth-order valence-electron chi connectivity index (χ4n) is 2.92. The molecule has 5 heteroatoms. The Morgan fingerprint density at radius 3 is 2.43 bits per heavy atom. The number of hydrogen-bond donors (Lipinski definition) is 1. The fourth-order valence-corrected chi connectivity index (χ4v) is 4.98. The molecule has 0 aliphatic carbocycles. The second-order valence-electron chi connectivity index (χ2n) is 6.89. The Morgan fingerprint density at radius 1 is 1.24 bits per heavy atom. The van der Waals surface area contributed by atoms with E-state index in [-0.39, 0.29) is 11.5 Å². The third-order valence-corrected chi connectivity index (χ3v) is 6.14. The maximum atomic E-state index is 13.0. The van der Waals surface area contributed by atoms with Crippen molar-refractivity contribution in [2.45, 2.75) is 63.0 Å². The molecule has 0 spiro atoms. The Morgan fingerprint density at radius 2 is 1.86 bits per heavy atom. The van der Waals surface area contributed by atoms with Crippen LogP contribution in [0.25, 0.3) is 0 Å². The Bertz CT molecular complexity index is 604. The van der Waals surface area contributed by atoms with Crippen LogP contribution in [0.3, 0.4) is 0 Å². The largest absolute Gasteiger partial charge is 0.393 e. The van der Waals surface area contributed by atoms with Crippen molar-refractivity contribution in [3.63, 3.8) is 0 Å². The zero-order valence-electron chi connectivity index (χ0n) is 13.2. The van der Waals surface area contributed by atoms with Crippen LogP contribution >= 0.6 is 0 Å². The number of aliphatic hydroxyl groups is 1. The molecule has 1 aliphatic heterocycles. The van der Waals surface area contributed by atoms with E-state index in [2.05, 4.69) is 0 Å². The quantitative estimate of drug-likeness (QED) is 0.913. The van der Waals surface area contributed by atoms with Gasteiger partial charge in [0.15, 0.2) is 0 Å². The van der Waals surface area contributed by atoms with Crippen molar-refractivity contribution in [2.24, 2.45) is 0 Å². The SMILES string of the molecule is C[C@H]1C[C@@H](O)CCN1S(=O)(=O)c1ccccc1C(C)(C)C. The molecule has 0 amide bonds. The molecule has 1 saturated heterocycles. The van der Waals surface area contributed by atoms with Crippen LogP contribution in [-0.4, -0.2) is 36.5 Å². The minimum absolute atomic E-state index is 0.174. The molecule has 0 radical (unpaired) electrons. The average Bonchev–Trinajstić information content (AvgIpc) is 2.37. The summed E-state index contributed by atoms with van der Waals surface area (Å²) in [6.07, 6.45) is 0.599. The maximum Gasteiger partial charge on any atom is 0.243 e. The maximum absolute atomic E-state index is 13.0. The number of sulfonamides is 1. The van der Waals surface area contributed by atoms with Crippen molar-refractivity contribution in [3.8, 4) is 0 Å². The lowest BCUT2D eigenvalue weighted by molar-refractivity contribution is 0.0866. The van der Waals surface area contributed by atoms with Crippen molar-refractivity contribution >= 4 is 10.0 Å². The van der Waals surface area contributed by atoms with Gasteiger partial charge in [-0.05, 0) is 36.8 Å². The van der Waals surface area contributed by atoms with Gasteiger partial charge in [-0.15, -0.1) is 0 Å². The van der Waals surface area contributed by atoms with E-state index in [1.807, 2.05) is 39.8 Å². The molecule has 0 aromatic heterocycles. The van der Waals surface area contributed by atoms with Gasteiger partial charge in [0, 0.05) is 12.6 Å². The van der Waals surface area contributed by atoms with E-state index in [0.717, 1.165) is 5.56 Å². The molecule has 2 atom stereocenters. The Labute approximate surface area is 127 Å². The Kier molecular flexibility index (Phi) is 4.47. The van der Waals surface area contributed by atoms with E-state index in [1.165, 1.54) is 4.31 Å². The molecule has 4 nitrogen and oxygen atoms in total. The molecule has 1 aliphatic rings. The highest BCUT2D eigenvalue weighted by Gasteiger charge is 2.36. The molecule has 1 fully saturated rings. The van der Waals surface area contributed by atoms with Gasteiger partial charge in [-0.1, -0.05) is 39.0 Å². The summed E-state index contributed by atoms with van der Waals surface area (Å²) in [6, 6.07) is 7.05. The number of benzene rings is 1. The van der Waals surface area contributed by atoms with Gasteiger partial charge in [-0.2, -0.15) is 4.31 Å². The van der Waals surface area contributed by atoms with Gasteiger partial charge in [-0.3, -0.25) is 0 Å². The monoisotopic (exact) mass is 311 g/mol. The molecule has 2 rings (SSSR count). The zero-order chi connectivity index (χ0) is 15.8. The predicted octanol–water partition coefficient (Wildman–Crippen LogP) is 2.52. The van der Waals surface area contributed by atoms with E-state index in [9.17, 15) is 13.5 Å². The van der Waals surface area contributed by atoms with E-state index in [4.69, 9.17) is 0 Å². The summed E-state index contributed by atoms with van der Waals surface area (Å²) in [7, 11) is -3.53. The molecular formula is C16H25NO3S. The lowest BCUT2D eigenvalue weighted by atomic mass is 9.87. The van der Waals surface area contributed by atoms with Crippen molar-refractivity contribution in [1.82, 2.24) is 4.31 Å². The number of nitrogens with zero attached hydrogens (tertiary/aromatic N) is 1. The van der Waals surface area contributed by atoms with E-state index in [0.29, 0.717) is 24.3 Å². The Balaban J connectivity index is 2.46. The summed E-state index contributed by atoms with van der Waals surface area (Å²) in [5.41, 5.74) is 0.602. The lowest BCUT2D eigenvalue weighted by Crippen LogP contribution is -2.46. The summed E-state index contributed by atoms with van der Waals surface area (Å²) in [5.74, 6) is 0. The van der Waals surface area contributed by atoms with Crippen LogP contribution in [0.2, 0.25) is 0 Å². The van der Waals surface area contributed by atoms with Gasteiger partial charge in [0.05, 0.1) is 11.0 Å². The van der Waals surface area contributed by atoms with Crippen molar-refractivity contribution in [1.29, 1.82) is 0 Å². The Hall–Kier alpha value is -0.910. The summed E-state index contributed by atoms with van der Waals surface area (Å²) in [4.78, 5) is 0.390. The number of piperidine rings is 1. The summed E-state index contributed by atoms with van der Waals surface area (Å²) in [6.45, 7) is 8.29. The van der Waals surface area contributed by atoms with Gasteiger partial charge in [0.2, 0.25) is 10.0 Å². The second-order valence-corrected chi connectivity index (χ2v) is 8.75. The van der Waals surface area contributed by atoms with Crippen LogP contribution in [0, 0.1) is 0 Å². The second kappa shape index (κ2) is 5.71. The first-order valence-corrected chi connectivity index (χ1v) is 8.87. The van der Waals surface area contributed by atoms with Gasteiger partial charge in [0.1, 0.15) is 0 Å².